The molecule has 18 heavy (non-hydrogen) atoms. The number of nitrogens with one attached hydrogen (secondary N) is 1. The van der Waals surface area contributed by atoms with Crippen molar-refractivity contribution >= 4 is 21.6 Å². The lowest BCUT2D eigenvalue weighted by atomic mass is 10.2. The molecule has 1 saturated heterocycles. The highest BCUT2D eigenvalue weighted by Crippen LogP contribution is 2.22. The van der Waals surface area contributed by atoms with E-state index in [-0.39, 0.29) is 16.8 Å². The minimum Gasteiger partial charge on any atom is -0.326 e. The second-order valence-electron chi connectivity index (χ2n) is 4.29. The van der Waals surface area contributed by atoms with Gasteiger partial charge in [0, 0.05) is 31.7 Å². The number of sulfonamides is 1. The summed E-state index contributed by atoms with van der Waals surface area (Å²) in [5, 5.41) is 2.58. The van der Waals surface area contributed by atoms with E-state index in [0.717, 1.165) is 0 Å². The molecular formula is C11H15N3O3S. The molecule has 0 aromatic heterocycles. The molecule has 0 radical (unpaired) electrons. The van der Waals surface area contributed by atoms with E-state index < -0.39 is 10.0 Å². The summed E-state index contributed by atoms with van der Waals surface area (Å²) >= 11 is 0. The molecule has 1 fully saturated rings. The SMILES string of the molecule is CC(=O)Nc1ccc(S(=O)(=O)N2CC(N)C2)cc1. The number of amides is 1. The number of carbonyl (C=O) groups excluding carboxylic acids is 1. The fraction of sp³-hybridized carbons (Fsp3) is 0.364. The van der Waals surface area contributed by atoms with E-state index in [1.165, 1.54) is 23.4 Å². The van der Waals surface area contributed by atoms with Crippen molar-refractivity contribution in [3.63, 3.8) is 0 Å². The smallest absolute Gasteiger partial charge is 0.243 e. The fourth-order valence-corrected chi connectivity index (χ4v) is 3.28. The van der Waals surface area contributed by atoms with Crippen molar-refractivity contribution in [2.24, 2.45) is 5.73 Å². The zero-order valence-electron chi connectivity index (χ0n) is 9.96. The van der Waals surface area contributed by atoms with Gasteiger partial charge >= 0.3 is 0 Å². The molecule has 1 aliphatic rings. The van der Waals surface area contributed by atoms with Gasteiger partial charge in [0.1, 0.15) is 0 Å². The molecule has 1 aliphatic heterocycles. The fourth-order valence-electron chi connectivity index (χ4n) is 1.73. The van der Waals surface area contributed by atoms with Gasteiger partial charge < -0.3 is 11.1 Å². The maximum Gasteiger partial charge on any atom is 0.243 e. The second kappa shape index (κ2) is 4.68. The molecule has 0 saturated carbocycles. The number of nitrogens with two attached hydrogens (primary N) is 1. The topological polar surface area (TPSA) is 92.5 Å². The molecule has 7 heteroatoms. The number of benzene rings is 1. The van der Waals surface area contributed by atoms with Gasteiger partial charge in [0.25, 0.3) is 0 Å². The van der Waals surface area contributed by atoms with Gasteiger partial charge in [0.2, 0.25) is 15.9 Å². The summed E-state index contributed by atoms with van der Waals surface area (Å²) in [7, 11) is -3.44. The van der Waals surface area contributed by atoms with Crippen LogP contribution in [0, 0.1) is 0 Å². The van der Waals surface area contributed by atoms with Crippen LogP contribution >= 0.6 is 0 Å². The van der Waals surface area contributed by atoms with Crippen molar-refractivity contribution in [3.8, 4) is 0 Å². The van der Waals surface area contributed by atoms with Gasteiger partial charge in [-0.25, -0.2) is 8.42 Å². The minimum atomic E-state index is -3.44. The van der Waals surface area contributed by atoms with E-state index in [1.54, 1.807) is 12.1 Å². The zero-order valence-corrected chi connectivity index (χ0v) is 10.8. The Hall–Kier alpha value is -1.44. The summed E-state index contributed by atoms with van der Waals surface area (Å²) in [5.41, 5.74) is 6.14. The highest BCUT2D eigenvalue weighted by atomic mass is 32.2. The van der Waals surface area contributed by atoms with Crippen molar-refractivity contribution in [2.75, 3.05) is 18.4 Å². The van der Waals surface area contributed by atoms with Gasteiger partial charge in [-0.1, -0.05) is 0 Å². The standard InChI is InChI=1S/C11H15N3O3S/c1-8(15)13-10-2-4-11(5-3-10)18(16,17)14-6-9(12)7-14/h2-5,9H,6-7,12H2,1H3,(H,13,15). The van der Waals surface area contributed by atoms with Gasteiger partial charge in [0.15, 0.2) is 0 Å². The third-order valence-electron chi connectivity index (χ3n) is 2.69. The van der Waals surface area contributed by atoms with Crippen molar-refractivity contribution in [3.05, 3.63) is 24.3 Å². The Balaban J connectivity index is 2.16. The summed E-state index contributed by atoms with van der Waals surface area (Å²) in [6.07, 6.45) is 0. The average Bonchev–Trinajstić information content (AvgIpc) is 2.24. The first-order chi connectivity index (χ1) is 8.39. The van der Waals surface area contributed by atoms with E-state index in [1.807, 2.05) is 0 Å². The van der Waals surface area contributed by atoms with Gasteiger partial charge in [-0.2, -0.15) is 4.31 Å². The minimum absolute atomic E-state index is 0.0709. The first kappa shape index (κ1) is 13.0. The molecule has 0 unspecified atom stereocenters. The number of rotatable bonds is 3. The number of anilines is 1. The number of hydrogen-bond donors (Lipinski definition) is 2. The van der Waals surface area contributed by atoms with Crippen LogP contribution in [0.1, 0.15) is 6.92 Å². The predicted octanol–water partition coefficient (Wildman–Crippen LogP) is -0.0234. The predicted molar refractivity (Wildman–Crippen MR) is 67.5 cm³/mol. The van der Waals surface area contributed by atoms with Crippen molar-refractivity contribution < 1.29 is 13.2 Å². The summed E-state index contributed by atoms with van der Waals surface area (Å²) in [4.78, 5) is 11.1. The molecule has 0 atom stereocenters. The molecule has 98 valence electrons. The lowest BCUT2D eigenvalue weighted by molar-refractivity contribution is -0.114. The van der Waals surface area contributed by atoms with Crippen LogP contribution in [0.2, 0.25) is 0 Å². The molecule has 0 bridgehead atoms. The molecule has 6 nitrogen and oxygen atoms in total. The number of hydrogen-bond acceptors (Lipinski definition) is 4. The Bertz CT molecular complexity index is 547. The molecule has 0 aliphatic carbocycles. The van der Waals surface area contributed by atoms with Crippen molar-refractivity contribution in [2.45, 2.75) is 17.9 Å². The molecule has 0 spiro atoms. The zero-order chi connectivity index (χ0) is 13.3. The lowest BCUT2D eigenvalue weighted by Crippen LogP contribution is -2.57. The summed E-state index contributed by atoms with van der Waals surface area (Å²) < 4.78 is 25.5. The van der Waals surface area contributed by atoms with Crippen LogP contribution in [0.4, 0.5) is 5.69 Å². The largest absolute Gasteiger partial charge is 0.326 e. The lowest BCUT2D eigenvalue weighted by Gasteiger charge is -2.35. The number of carbonyl (C=O) groups is 1. The third-order valence-corrected chi connectivity index (χ3v) is 4.53. The normalized spacial score (nSPS) is 17.2. The van der Waals surface area contributed by atoms with E-state index in [9.17, 15) is 13.2 Å². The van der Waals surface area contributed by atoms with Crippen LogP contribution in [0.15, 0.2) is 29.2 Å². The van der Waals surface area contributed by atoms with E-state index >= 15 is 0 Å². The van der Waals surface area contributed by atoms with Gasteiger partial charge in [-0.05, 0) is 24.3 Å². The van der Waals surface area contributed by atoms with Crippen molar-refractivity contribution in [1.29, 1.82) is 0 Å². The molecular weight excluding hydrogens is 254 g/mol. The monoisotopic (exact) mass is 269 g/mol. The highest BCUT2D eigenvalue weighted by molar-refractivity contribution is 7.89. The summed E-state index contributed by atoms with van der Waals surface area (Å²) in [6.45, 7) is 2.11. The maximum absolute atomic E-state index is 12.1. The summed E-state index contributed by atoms with van der Waals surface area (Å²) in [6, 6.07) is 6.01. The molecule has 1 heterocycles. The molecule has 3 N–H and O–H groups in total. The van der Waals surface area contributed by atoms with Gasteiger partial charge in [0.05, 0.1) is 4.90 Å². The van der Waals surface area contributed by atoms with E-state index in [2.05, 4.69) is 5.32 Å². The Morgan fingerprint density at radius 2 is 1.89 bits per heavy atom. The Kier molecular flexibility index (Phi) is 3.38. The second-order valence-corrected chi connectivity index (χ2v) is 6.23. The Morgan fingerprint density at radius 3 is 2.33 bits per heavy atom. The van der Waals surface area contributed by atoms with Crippen LogP contribution < -0.4 is 11.1 Å². The maximum atomic E-state index is 12.1. The Labute approximate surface area is 106 Å². The van der Waals surface area contributed by atoms with E-state index in [4.69, 9.17) is 5.73 Å². The van der Waals surface area contributed by atoms with E-state index in [0.29, 0.717) is 18.8 Å². The highest BCUT2D eigenvalue weighted by Gasteiger charge is 2.34. The van der Waals surface area contributed by atoms with Gasteiger partial charge in [-0.15, -0.1) is 0 Å². The van der Waals surface area contributed by atoms with Crippen molar-refractivity contribution in [1.82, 2.24) is 4.31 Å². The first-order valence-corrected chi connectivity index (χ1v) is 6.97. The first-order valence-electron chi connectivity index (χ1n) is 5.53. The van der Waals surface area contributed by atoms with Crippen LogP contribution in [0.25, 0.3) is 0 Å². The van der Waals surface area contributed by atoms with Crippen LogP contribution in [-0.4, -0.2) is 37.8 Å². The molecule has 1 amide bonds. The van der Waals surface area contributed by atoms with Crippen LogP contribution in [-0.2, 0) is 14.8 Å². The quantitative estimate of drug-likeness (QED) is 0.806. The summed E-state index contributed by atoms with van der Waals surface area (Å²) in [5.74, 6) is -0.195. The van der Waals surface area contributed by atoms with Crippen LogP contribution in [0.5, 0.6) is 0 Å². The average molecular weight is 269 g/mol. The molecule has 2 rings (SSSR count). The third kappa shape index (κ3) is 2.53. The molecule has 1 aromatic rings. The number of nitrogens with zero attached hydrogens (tertiary/aromatic N) is 1. The molecule has 1 aromatic carbocycles. The van der Waals surface area contributed by atoms with Gasteiger partial charge in [-0.3, -0.25) is 4.79 Å². The van der Waals surface area contributed by atoms with Crippen LogP contribution in [0.3, 0.4) is 0 Å². The Morgan fingerprint density at radius 1 is 1.33 bits per heavy atom.